The van der Waals surface area contributed by atoms with Gasteiger partial charge in [0, 0.05) is 12.0 Å². The molecule has 3 N–H and O–H groups in total. The first kappa shape index (κ1) is 15.7. The number of hydrogen-bond acceptors (Lipinski definition) is 4. The molecular weight excluding hydrogens is 240 g/mol. The Labute approximate surface area is 107 Å². The van der Waals surface area contributed by atoms with Crippen molar-refractivity contribution in [3.8, 4) is 11.8 Å². The Balaban J connectivity index is 0.00000256. The molecule has 0 aliphatic heterocycles. The van der Waals surface area contributed by atoms with Gasteiger partial charge >= 0.3 is 0 Å². The molecule has 1 aromatic rings. The zero-order valence-corrected chi connectivity index (χ0v) is 10.8. The van der Waals surface area contributed by atoms with E-state index in [0.717, 1.165) is 11.1 Å². The molecule has 0 bridgehead atoms. The molecule has 0 aromatic heterocycles. The third-order valence-electron chi connectivity index (χ3n) is 2.35. The van der Waals surface area contributed by atoms with Crippen LogP contribution in [0.25, 0.3) is 0 Å². The van der Waals surface area contributed by atoms with Crippen LogP contribution >= 0.6 is 12.4 Å². The average Bonchev–Trinajstić information content (AvgIpc) is 2.28. The van der Waals surface area contributed by atoms with Gasteiger partial charge in [-0.25, -0.2) is 0 Å². The van der Waals surface area contributed by atoms with E-state index in [9.17, 15) is 0 Å². The number of hydrogen-bond donors (Lipinski definition) is 2. The SMILES string of the molecule is COc1cc(CC(C)(N)C#N)ccc1CO.Cl. The fraction of sp³-hybridized carbons (Fsp3) is 0.417. The number of benzene rings is 1. The highest BCUT2D eigenvalue weighted by molar-refractivity contribution is 5.85. The number of aliphatic hydroxyl groups is 1. The minimum atomic E-state index is -0.883. The largest absolute Gasteiger partial charge is 0.496 e. The van der Waals surface area contributed by atoms with Crippen molar-refractivity contribution in [2.75, 3.05) is 7.11 Å². The first-order valence-electron chi connectivity index (χ1n) is 4.99. The Morgan fingerprint density at radius 3 is 2.65 bits per heavy atom. The second-order valence-electron chi connectivity index (χ2n) is 4.01. The first-order valence-corrected chi connectivity index (χ1v) is 4.99. The maximum Gasteiger partial charge on any atom is 0.124 e. The van der Waals surface area contributed by atoms with Crippen molar-refractivity contribution in [3.05, 3.63) is 29.3 Å². The first-order chi connectivity index (χ1) is 7.52. The Hall–Kier alpha value is -1.28. The molecule has 5 heteroatoms. The second kappa shape index (κ2) is 6.45. The number of ether oxygens (including phenoxy) is 1. The predicted octanol–water partition coefficient (Wildman–Crippen LogP) is 1.39. The van der Waals surface area contributed by atoms with Crippen LogP contribution in [-0.2, 0) is 13.0 Å². The number of nitrogens with zero attached hydrogens (tertiary/aromatic N) is 1. The average molecular weight is 257 g/mol. The Morgan fingerprint density at radius 1 is 1.53 bits per heavy atom. The van der Waals surface area contributed by atoms with Crippen LogP contribution in [-0.4, -0.2) is 17.8 Å². The van der Waals surface area contributed by atoms with Crippen molar-refractivity contribution in [1.82, 2.24) is 0 Å². The topological polar surface area (TPSA) is 79.3 Å². The molecular formula is C12H17ClN2O2. The molecule has 0 aliphatic carbocycles. The van der Waals surface area contributed by atoms with E-state index in [0.29, 0.717) is 12.2 Å². The van der Waals surface area contributed by atoms with Crippen LogP contribution < -0.4 is 10.5 Å². The van der Waals surface area contributed by atoms with Gasteiger partial charge in [0.15, 0.2) is 0 Å². The highest BCUT2D eigenvalue weighted by atomic mass is 35.5. The third kappa shape index (κ3) is 4.23. The van der Waals surface area contributed by atoms with Gasteiger partial charge < -0.3 is 15.6 Å². The number of aliphatic hydroxyl groups excluding tert-OH is 1. The summed E-state index contributed by atoms with van der Waals surface area (Å²) in [7, 11) is 1.55. The van der Waals surface area contributed by atoms with Crippen molar-refractivity contribution in [3.63, 3.8) is 0 Å². The maximum atomic E-state index is 9.06. The summed E-state index contributed by atoms with van der Waals surface area (Å²) in [6.45, 7) is 1.61. The van der Waals surface area contributed by atoms with Gasteiger partial charge in [-0.2, -0.15) is 5.26 Å². The van der Waals surface area contributed by atoms with Crippen LogP contribution in [0.3, 0.4) is 0 Å². The van der Waals surface area contributed by atoms with Crippen molar-refractivity contribution in [2.45, 2.75) is 25.5 Å². The maximum absolute atomic E-state index is 9.06. The van der Waals surface area contributed by atoms with Crippen molar-refractivity contribution in [1.29, 1.82) is 5.26 Å². The van der Waals surface area contributed by atoms with Crippen molar-refractivity contribution >= 4 is 12.4 Å². The molecule has 0 saturated heterocycles. The van der Waals surface area contributed by atoms with Gasteiger partial charge in [0.2, 0.25) is 0 Å². The zero-order valence-electron chi connectivity index (χ0n) is 9.93. The molecule has 0 fully saturated rings. The van der Waals surface area contributed by atoms with Gasteiger partial charge in [0.25, 0.3) is 0 Å². The molecule has 0 radical (unpaired) electrons. The lowest BCUT2D eigenvalue weighted by atomic mass is 9.95. The van der Waals surface area contributed by atoms with E-state index in [4.69, 9.17) is 20.8 Å². The van der Waals surface area contributed by atoms with Gasteiger partial charge in [-0.3, -0.25) is 0 Å². The van der Waals surface area contributed by atoms with Gasteiger partial charge in [0.1, 0.15) is 11.3 Å². The summed E-state index contributed by atoms with van der Waals surface area (Å²) in [6, 6.07) is 7.47. The molecule has 1 aromatic carbocycles. The van der Waals surface area contributed by atoms with E-state index >= 15 is 0 Å². The third-order valence-corrected chi connectivity index (χ3v) is 2.35. The molecule has 1 unspecified atom stereocenters. The van der Waals surface area contributed by atoms with Gasteiger partial charge in [-0.05, 0) is 18.6 Å². The number of nitrogens with two attached hydrogens (primary N) is 1. The molecule has 0 saturated carbocycles. The fourth-order valence-corrected chi connectivity index (χ4v) is 1.49. The quantitative estimate of drug-likeness (QED) is 0.853. The van der Waals surface area contributed by atoms with Crippen LogP contribution in [0.5, 0.6) is 5.75 Å². The molecule has 0 spiro atoms. The van der Waals surface area contributed by atoms with Crippen molar-refractivity contribution in [2.24, 2.45) is 5.73 Å². The predicted molar refractivity (Wildman–Crippen MR) is 68.1 cm³/mol. The summed E-state index contributed by atoms with van der Waals surface area (Å²) in [6.07, 6.45) is 0.450. The molecule has 17 heavy (non-hydrogen) atoms. The second-order valence-corrected chi connectivity index (χ2v) is 4.01. The van der Waals surface area contributed by atoms with E-state index in [1.165, 1.54) is 0 Å². The van der Waals surface area contributed by atoms with Crippen LogP contribution in [0.2, 0.25) is 0 Å². The highest BCUT2D eigenvalue weighted by Gasteiger charge is 2.18. The number of rotatable bonds is 4. The zero-order chi connectivity index (χ0) is 12.2. The van der Waals surface area contributed by atoms with Crippen LogP contribution in [0.1, 0.15) is 18.1 Å². The summed E-state index contributed by atoms with van der Waals surface area (Å²) in [5.41, 5.74) is 6.52. The molecule has 0 heterocycles. The van der Waals surface area contributed by atoms with Crippen LogP contribution in [0.15, 0.2) is 18.2 Å². The van der Waals surface area contributed by atoms with E-state index in [2.05, 4.69) is 0 Å². The summed E-state index contributed by atoms with van der Waals surface area (Å²) < 4.78 is 5.14. The molecule has 4 nitrogen and oxygen atoms in total. The summed E-state index contributed by atoms with van der Waals surface area (Å²) in [5, 5.41) is 17.9. The molecule has 0 amide bonds. The van der Waals surface area contributed by atoms with Crippen LogP contribution in [0.4, 0.5) is 0 Å². The molecule has 0 aliphatic rings. The number of halogens is 1. The van der Waals surface area contributed by atoms with Crippen LogP contribution in [0, 0.1) is 11.3 Å². The van der Waals surface area contributed by atoms with Gasteiger partial charge in [0.05, 0.1) is 19.8 Å². The Bertz CT molecular complexity index is 413. The standard InChI is InChI=1S/C12H16N2O2.ClH/c1-12(14,8-13)6-9-3-4-10(7-15)11(5-9)16-2;/h3-5,15H,6-7,14H2,1-2H3;1H. The smallest absolute Gasteiger partial charge is 0.124 e. The lowest BCUT2D eigenvalue weighted by molar-refractivity contribution is 0.273. The monoisotopic (exact) mass is 256 g/mol. The summed E-state index contributed by atoms with van der Waals surface area (Å²) in [5.74, 6) is 0.619. The van der Waals surface area contributed by atoms with E-state index in [1.807, 2.05) is 12.1 Å². The van der Waals surface area contributed by atoms with Gasteiger partial charge in [-0.15, -0.1) is 12.4 Å². The number of nitriles is 1. The summed E-state index contributed by atoms with van der Waals surface area (Å²) in [4.78, 5) is 0. The van der Waals surface area contributed by atoms with Crippen molar-refractivity contribution < 1.29 is 9.84 Å². The van der Waals surface area contributed by atoms with E-state index < -0.39 is 5.54 Å². The number of methoxy groups -OCH3 is 1. The highest BCUT2D eigenvalue weighted by Crippen LogP contribution is 2.22. The summed E-state index contributed by atoms with van der Waals surface area (Å²) >= 11 is 0. The normalized spacial score (nSPS) is 13.1. The minimum absolute atomic E-state index is 0. The van der Waals surface area contributed by atoms with E-state index in [-0.39, 0.29) is 19.0 Å². The van der Waals surface area contributed by atoms with Gasteiger partial charge in [-0.1, -0.05) is 12.1 Å². The molecule has 1 atom stereocenters. The molecule has 1 rings (SSSR count). The van der Waals surface area contributed by atoms with E-state index in [1.54, 1.807) is 26.2 Å². The lowest BCUT2D eigenvalue weighted by Gasteiger charge is -2.16. The minimum Gasteiger partial charge on any atom is -0.496 e. The lowest BCUT2D eigenvalue weighted by Crippen LogP contribution is -2.36. The Morgan fingerprint density at radius 2 is 2.18 bits per heavy atom. The molecule has 94 valence electrons. The Kier molecular flexibility index (Phi) is 5.97. The fourth-order valence-electron chi connectivity index (χ4n) is 1.49.